The fourth-order valence-electron chi connectivity index (χ4n) is 3.23. The Kier molecular flexibility index (Phi) is 3.76. The molecular weight excluding hydrogens is 212 g/mol. The van der Waals surface area contributed by atoms with E-state index >= 15 is 0 Å². The van der Waals surface area contributed by atoms with Gasteiger partial charge in [0.15, 0.2) is 0 Å². The van der Waals surface area contributed by atoms with Crippen LogP contribution < -0.4 is 5.32 Å². The molecule has 2 rings (SSSR count). The monoisotopic (exact) mass is 238 g/mol. The number of piperidine rings is 1. The van der Waals surface area contributed by atoms with Crippen LogP contribution >= 0.6 is 0 Å². The Bertz CT molecular complexity index is 278. The van der Waals surface area contributed by atoms with Gasteiger partial charge in [0.1, 0.15) is 0 Å². The van der Waals surface area contributed by atoms with Gasteiger partial charge in [-0.3, -0.25) is 4.79 Å². The number of hydrogen-bond acceptors (Lipinski definition) is 2. The van der Waals surface area contributed by atoms with Gasteiger partial charge in [-0.1, -0.05) is 13.8 Å². The maximum atomic E-state index is 12.3. The van der Waals surface area contributed by atoms with Gasteiger partial charge in [0, 0.05) is 12.6 Å². The third-order valence-corrected chi connectivity index (χ3v) is 4.57. The highest BCUT2D eigenvalue weighted by Crippen LogP contribution is 2.37. The lowest BCUT2D eigenvalue weighted by Gasteiger charge is -2.43. The van der Waals surface area contributed by atoms with Crippen molar-refractivity contribution in [2.75, 3.05) is 13.6 Å². The highest BCUT2D eigenvalue weighted by atomic mass is 16.2. The molecule has 0 aromatic rings. The third kappa shape index (κ3) is 2.82. The summed E-state index contributed by atoms with van der Waals surface area (Å²) in [5.41, 5.74) is 0.484. The van der Waals surface area contributed by atoms with Crippen LogP contribution in [0, 0.1) is 5.41 Å². The number of carbonyl (C=O) groups excluding carboxylic acids is 1. The van der Waals surface area contributed by atoms with E-state index in [-0.39, 0.29) is 6.04 Å². The molecule has 0 aromatic carbocycles. The van der Waals surface area contributed by atoms with E-state index in [1.54, 1.807) is 0 Å². The molecule has 1 amide bonds. The fraction of sp³-hybridized carbons (Fsp3) is 0.929. The summed E-state index contributed by atoms with van der Waals surface area (Å²) in [5, 5.41) is 3.15. The van der Waals surface area contributed by atoms with E-state index in [4.69, 9.17) is 0 Å². The van der Waals surface area contributed by atoms with Gasteiger partial charge in [-0.05, 0) is 51.0 Å². The molecule has 0 spiro atoms. The van der Waals surface area contributed by atoms with Crippen LogP contribution in [0.15, 0.2) is 0 Å². The van der Waals surface area contributed by atoms with Crippen LogP contribution in [0.3, 0.4) is 0 Å². The van der Waals surface area contributed by atoms with Crippen molar-refractivity contribution in [1.82, 2.24) is 10.2 Å². The molecule has 3 nitrogen and oxygen atoms in total. The Morgan fingerprint density at radius 1 is 1.24 bits per heavy atom. The molecule has 2 aliphatic rings. The summed E-state index contributed by atoms with van der Waals surface area (Å²) in [5.74, 6) is 0.337. The van der Waals surface area contributed by atoms with Crippen molar-refractivity contribution >= 4 is 5.91 Å². The Morgan fingerprint density at radius 3 is 2.47 bits per heavy atom. The number of likely N-dealkylation sites (N-methyl/N-ethyl adjacent to an activating group) is 1. The number of nitrogens with one attached hydrogen (secondary N) is 1. The number of hydrogen-bond donors (Lipinski definition) is 1. The average molecular weight is 238 g/mol. The summed E-state index contributed by atoms with van der Waals surface area (Å²) in [7, 11) is 1.90. The average Bonchev–Trinajstić information content (AvgIpc) is 2.30. The minimum atomic E-state index is 0.0682. The second-order valence-electron chi connectivity index (χ2n) is 6.41. The Hall–Kier alpha value is -0.570. The standard InChI is InChI=1S/C14H26N2O/c1-14(2)8-6-11(7-9-14)16-10-4-5-12(15-3)13(16)17/h11-12,15H,4-10H2,1-3H3. The van der Waals surface area contributed by atoms with Crippen molar-refractivity contribution in [3.05, 3.63) is 0 Å². The van der Waals surface area contributed by atoms with Crippen molar-refractivity contribution in [3.8, 4) is 0 Å². The SMILES string of the molecule is CNC1CCCN(C2CCC(C)(C)CC2)C1=O. The number of rotatable bonds is 2. The van der Waals surface area contributed by atoms with E-state index in [2.05, 4.69) is 24.1 Å². The highest BCUT2D eigenvalue weighted by molar-refractivity contribution is 5.82. The molecule has 1 aliphatic heterocycles. The van der Waals surface area contributed by atoms with Gasteiger partial charge in [0.25, 0.3) is 0 Å². The molecule has 1 N–H and O–H groups in total. The molecule has 1 aliphatic carbocycles. The van der Waals surface area contributed by atoms with Gasteiger partial charge in [-0.2, -0.15) is 0 Å². The van der Waals surface area contributed by atoms with Gasteiger partial charge < -0.3 is 10.2 Å². The van der Waals surface area contributed by atoms with Crippen molar-refractivity contribution in [3.63, 3.8) is 0 Å². The van der Waals surface area contributed by atoms with E-state index in [9.17, 15) is 4.79 Å². The van der Waals surface area contributed by atoms with Gasteiger partial charge in [-0.25, -0.2) is 0 Å². The number of nitrogens with zero attached hydrogens (tertiary/aromatic N) is 1. The first kappa shape index (κ1) is 12.9. The van der Waals surface area contributed by atoms with Crippen LogP contribution in [0.5, 0.6) is 0 Å². The molecule has 0 bridgehead atoms. The van der Waals surface area contributed by atoms with E-state index in [1.807, 2.05) is 7.05 Å². The minimum Gasteiger partial charge on any atom is -0.338 e. The molecule has 17 heavy (non-hydrogen) atoms. The molecule has 1 atom stereocenters. The van der Waals surface area contributed by atoms with Gasteiger partial charge in [-0.15, -0.1) is 0 Å². The summed E-state index contributed by atoms with van der Waals surface area (Å²) in [6, 6.07) is 0.574. The van der Waals surface area contributed by atoms with Crippen LogP contribution in [0.1, 0.15) is 52.4 Å². The molecule has 0 radical (unpaired) electrons. The summed E-state index contributed by atoms with van der Waals surface area (Å²) in [6.45, 7) is 5.66. The van der Waals surface area contributed by atoms with Crippen molar-refractivity contribution in [2.24, 2.45) is 5.41 Å². The lowest BCUT2D eigenvalue weighted by atomic mass is 9.75. The summed E-state index contributed by atoms with van der Waals surface area (Å²) >= 11 is 0. The molecular formula is C14H26N2O. The van der Waals surface area contributed by atoms with E-state index in [0.717, 1.165) is 19.4 Å². The molecule has 3 heteroatoms. The number of carbonyl (C=O) groups is 1. The van der Waals surface area contributed by atoms with Crippen LogP contribution in [-0.4, -0.2) is 36.5 Å². The first-order valence-corrected chi connectivity index (χ1v) is 7.01. The van der Waals surface area contributed by atoms with E-state index in [0.29, 0.717) is 17.4 Å². The largest absolute Gasteiger partial charge is 0.338 e. The fourth-order valence-corrected chi connectivity index (χ4v) is 3.23. The Labute approximate surface area is 105 Å². The topological polar surface area (TPSA) is 32.3 Å². The summed E-state index contributed by atoms with van der Waals surface area (Å²) < 4.78 is 0. The second kappa shape index (κ2) is 4.97. The molecule has 1 heterocycles. The Morgan fingerprint density at radius 2 is 1.88 bits per heavy atom. The first-order chi connectivity index (χ1) is 8.03. The summed E-state index contributed by atoms with van der Waals surface area (Å²) in [6.07, 6.45) is 7.04. The first-order valence-electron chi connectivity index (χ1n) is 7.01. The van der Waals surface area contributed by atoms with Gasteiger partial charge in [0.05, 0.1) is 6.04 Å². The summed E-state index contributed by atoms with van der Waals surface area (Å²) in [4.78, 5) is 14.4. The van der Waals surface area contributed by atoms with Crippen LogP contribution in [-0.2, 0) is 4.79 Å². The predicted octanol–water partition coefficient (Wildman–Crippen LogP) is 2.17. The highest BCUT2D eigenvalue weighted by Gasteiger charge is 2.36. The molecule has 2 fully saturated rings. The minimum absolute atomic E-state index is 0.0682. The maximum absolute atomic E-state index is 12.3. The van der Waals surface area contributed by atoms with E-state index in [1.165, 1.54) is 25.7 Å². The normalized spacial score (nSPS) is 30.6. The van der Waals surface area contributed by atoms with Crippen molar-refractivity contribution in [2.45, 2.75) is 64.5 Å². The molecule has 98 valence electrons. The smallest absolute Gasteiger partial charge is 0.239 e. The zero-order valence-corrected chi connectivity index (χ0v) is 11.5. The second-order valence-corrected chi connectivity index (χ2v) is 6.41. The van der Waals surface area contributed by atoms with Crippen molar-refractivity contribution < 1.29 is 4.79 Å². The molecule has 1 saturated heterocycles. The van der Waals surface area contributed by atoms with Gasteiger partial charge >= 0.3 is 0 Å². The quantitative estimate of drug-likeness (QED) is 0.799. The molecule has 1 saturated carbocycles. The van der Waals surface area contributed by atoms with Gasteiger partial charge in [0.2, 0.25) is 5.91 Å². The maximum Gasteiger partial charge on any atom is 0.239 e. The number of amides is 1. The van der Waals surface area contributed by atoms with E-state index < -0.39 is 0 Å². The Balaban J connectivity index is 1.96. The lowest BCUT2D eigenvalue weighted by Crippen LogP contribution is -2.54. The lowest BCUT2D eigenvalue weighted by molar-refractivity contribution is -0.139. The number of likely N-dealkylation sites (tertiary alicyclic amines) is 1. The molecule has 1 unspecified atom stereocenters. The van der Waals surface area contributed by atoms with Crippen LogP contribution in [0.2, 0.25) is 0 Å². The zero-order valence-electron chi connectivity index (χ0n) is 11.5. The van der Waals surface area contributed by atoms with Crippen LogP contribution in [0.4, 0.5) is 0 Å². The van der Waals surface area contributed by atoms with Crippen molar-refractivity contribution in [1.29, 1.82) is 0 Å². The molecule has 0 aromatic heterocycles. The third-order valence-electron chi connectivity index (χ3n) is 4.57. The predicted molar refractivity (Wildman–Crippen MR) is 69.8 cm³/mol. The zero-order chi connectivity index (χ0) is 12.5. The van der Waals surface area contributed by atoms with Crippen LogP contribution in [0.25, 0.3) is 0 Å².